The minimum Gasteiger partial charge on any atom is -0.478 e. The van der Waals surface area contributed by atoms with Crippen LogP contribution < -0.4 is 0 Å². The molecule has 0 heterocycles. The molecule has 0 aliphatic heterocycles. The van der Waals surface area contributed by atoms with Crippen molar-refractivity contribution in [2.75, 3.05) is 0 Å². The minimum atomic E-state index is -4.37. The van der Waals surface area contributed by atoms with Gasteiger partial charge in [-0.05, 0) is 42.3 Å². The van der Waals surface area contributed by atoms with Crippen molar-refractivity contribution in [1.29, 1.82) is 0 Å². The second-order valence-electron chi connectivity index (χ2n) is 4.63. The SMILES string of the molecule is Cc1c(N=Cc2ccc(C(F)(F)F)cc2)cccc1C(=O)O. The molecule has 0 atom stereocenters. The van der Waals surface area contributed by atoms with Crippen molar-refractivity contribution in [3.8, 4) is 0 Å². The number of alkyl halides is 3. The van der Waals surface area contributed by atoms with E-state index in [1.54, 1.807) is 19.1 Å². The highest BCUT2D eigenvalue weighted by atomic mass is 19.4. The number of aromatic carboxylic acids is 1. The first kappa shape index (κ1) is 15.8. The van der Waals surface area contributed by atoms with E-state index >= 15 is 0 Å². The van der Waals surface area contributed by atoms with Crippen LogP contribution in [0.1, 0.15) is 27.0 Å². The quantitative estimate of drug-likeness (QED) is 0.851. The first-order chi connectivity index (χ1) is 10.3. The third-order valence-corrected chi connectivity index (χ3v) is 3.13. The largest absolute Gasteiger partial charge is 0.478 e. The zero-order valence-electron chi connectivity index (χ0n) is 11.6. The number of halogens is 3. The van der Waals surface area contributed by atoms with Gasteiger partial charge in [-0.2, -0.15) is 13.2 Å². The molecule has 0 spiro atoms. The molecule has 0 saturated carbocycles. The van der Waals surface area contributed by atoms with Crippen molar-refractivity contribution in [3.63, 3.8) is 0 Å². The Bertz CT molecular complexity index is 719. The molecule has 114 valence electrons. The number of rotatable bonds is 3. The Labute approximate surface area is 124 Å². The highest BCUT2D eigenvalue weighted by Crippen LogP contribution is 2.29. The maximum Gasteiger partial charge on any atom is 0.416 e. The predicted molar refractivity (Wildman–Crippen MR) is 76.8 cm³/mol. The number of benzene rings is 2. The lowest BCUT2D eigenvalue weighted by atomic mass is 10.1. The Morgan fingerprint density at radius 1 is 1.14 bits per heavy atom. The molecule has 0 radical (unpaired) electrons. The predicted octanol–water partition coefficient (Wildman–Crippen LogP) is 4.46. The molecule has 0 aromatic heterocycles. The van der Waals surface area contributed by atoms with Gasteiger partial charge in [0.1, 0.15) is 0 Å². The Morgan fingerprint density at radius 3 is 2.32 bits per heavy atom. The molecule has 0 bridgehead atoms. The van der Waals surface area contributed by atoms with Gasteiger partial charge in [0.25, 0.3) is 0 Å². The van der Waals surface area contributed by atoms with Crippen LogP contribution >= 0.6 is 0 Å². The molecule has 0 amide bonds. The monoisotopic (exact) mass is 307 g/mol. The maximum atomic E-state index is 12.5. The van der Waals surface area contributed by atoms with Crippen LogP contribution in [0.4, 0.5) is 18.9 Å². The fraction of sp³-hybridized carbons (Fsp3) is 0.125. The molecule has 2 aromatic rings. The first-order valence-electron chi connectivity index (χ1n) is 6.33. The smallest absolute Gasteiger partial charge is 0.416 e. The fourth-order valence-electron chi connectivity index (χ4n) is 1.90. The minimum absolute atomic E-state index is 0.141. The standard InChI is InChI=1S/C16H12F3NO2/c1-10-13(15(21)22)3-2-4-14(10)20-9-11-5-7-12(8-6-11)16(17,18)19/h2-9H,1H3,(H,21,22). The van der Waals surface area contributed by atoms with Crippen LogP contribution in [-0.2, 0) is 6.18 Å². The molecule has 0 saturated heterocycles. The van der Waals surface area contributed by atoms with E-state index in [-0.39, 0.29) is 5.56 Å². The highest BCUT2D eigenvalue weighted by Gasteiger charge is 2.29. The van der Waals surface area contributed by atoms with E-state index in [0.29, 0.717) is 16.8 Å². The van der Waals surface area contributed by atoms with E-state index < -0.39 is 17.7 Å². The molecule has 2 rings (SSSR count). The number of carbonyl (C=O) groups is 1. The van der Waals surface area contributed by atoms with Crippen LogP contribution in [0, 0.1) is 6.92 Å². The number of hydrogen-bond donors (Lipinski definition) is 1. The Morgan fingerprint density at radius 2 is 1.77 bits per heavy atom. The second-order valence-corrected chi connectivity index (χ2v) is 4.63. The van der Waals surface area contributed by atoms with Crippen molar-refractivity contribution < 1.29 is 23.1 Å². The Balaban J connectivity index is 2.26. The van der Waals surface area contributed by atoms with Crippen LogP contribution in [0.2, 0.25) is 0 Å². The van der Waals surface area contributed by atoms with E-state index in [1.165, 1.54) is 24.4 Å². The zero-order chi connectivity index (χ0) is 16.3. The van der Waals surface area contributed by atoms with Crippen molar-refractivity contribution in [1.82, 2.24) is 0 Å². The van der Waals surface area contributed by atoms with Gasteiger partial charge in [-0.15, -0.1) is 0 Å². The normalized spacial score (nSPS) is 11.8. The van der Waals surface area contributed by atoms with Crippen molar-refractivity contribution in [2.45, 2.75) is 13.1 Å². The van der Waals surface area contributed by atoms with Gasteiger partial charge < -0.3 is 5.11 Å². The molecular weight excluding hydrogens is 295 g/mol. The van der Waals surface area contributed by atoms with Crippen LogP contribution in [0.25, 0.3) is 0 Å². The zero-order valence-corrected chi connectivity index (χ0v) is 11.6. The molecular formula is C16H12F3NO2. The molecule has 3 nitrogen and oxygen atoms in total. The summed E-state index contributed by atoms with van der Waals surface area (Å²) in [7, 11) is 0. The molecule has 1 N–H and O–H groups in total. The van der Waals surface area contributed by atoms with E-state index in [9.17, 15) is 18.0 Å². The summed E-state index contributed by atoms with van der Waals surface area (Å²) in [6, 6.07) is 9.24. The molecule has 0 fully saturated rings. The summed E-state index contributed by atoms with van der Waals surface area (Å²) < 4.78 is 37.4. The molecule has 2 aromatic carbocycles. The van der Waals surface area contributed by atoms with Crippen molar-refractivity contribution in [2.24, 2.45) is 4.99 Å². The van der Waals surface area contributed by atoms with E-state index in [1.807, 2.05) is 0 Å². The number of nitrogens with zero attached hydrogens (tertiary/aromatic N) is 1. The van der Waals surface area contributed by atoms with Crippen LogP contribution in [-0.4, -0.2) is 17.3 Å². The van der Waals surface area contributed by atoms with Crippen molar-refractivity contribution >= 4 is 17.9 Å². The summed E-state index contributed by atoms with van der Waals surface area (Å²) in [5, 5.41) is 9.02. The highest BCUT2D eigenvalue weighted by molar-refractivity contribution is 5.91. The second kappa shape index (κ2) is 6.01. The van der Waals surface area contributed by atoms with Gasteiger partial charge >= 0.3 is 12.1 Å². The summed E-state index contributed by atoms with van der Waals surface area (Å²) in [5.41, 5.74) is 0.863. The summed E-state index contributed by atoms with van der Waals surface area (Å²) in [6.45, 7) is 1.63. The third kappa shape index (κ3) is 3.52. The molecule has 6 heteroatoms. The topological polar surface area (TPSA) is 49.7 Å². The number of aliphatic imine (C=N–C) groups is 1. The Kier molecular flexibility index (Phi) is 4.30. The molecule has 0 unspecified atom stereocenters. The average Bonchev–Trinajstić information content (AvgIpc) is 2.45. The van der Waals surface area contributed by atoms with Gasteiger partial charge in [-0.25, -0.2) is 4.79 Å². The number of carboxylic acid groups (broad SMARTS) is 1. The van der Waals surface area contributed by atoms with E-state index in [2.05, 4.69) is 4.99 Å². The van der Waals surface area contributed by atoms with Crippen LogP contribution in [0.15, 0.2) is 47.5 Å². The van der Waals surface area contributed by atoms with Gasteiger partial charge in [0.2, 0.25) is 0 Å². The third-order valence-electron chi connectivity index (χ3n) is 3.13. The van der Waals surface area contributed by atoms with Gasteiger partial charge in [0.15, 0.2) is 0 Å². The lowest BCUT2D eigenvalue weighted by Crippen LogP contribution is -2.04. The van der Waals surface area contributed by atoms with Gasteiger partial charge in [0.05, 0.1) is 16.8 Å². The number of carboxylic acids is 1. The average molecular weight is 307 g/mol. The summed E-state index contributed by atoms with van der Waals surface area (Å²) in [4.78, 5) is 15.2. The maximum absolute atomic E-state index is 12.5. The molecule has 0 aliphatic carbocycles. The Hall–Kier alpha value is -2.63. The van der Waals surface area contributed by atoms with E-state index in [4.69, 9.17) is 5.11 Å². The molecule has 0 aliphatic rings. The first-order valence-corrected chi connectivity index (χ1v) is 6.33. The van der Waals surface area contributed by atoms with Crippen LogP contribution in [0.5, 0.6) is 0 Å². The lowest BCUT2D eigenvalue weighted by molar-refractivity contribution is -0.137. The van der Waals surface area contributed by atoms with E-state index in [0.717, 1.165) is 12.1 Å². The fourth-order valence-corrected chi connectivity index (χ4v) is 1.90. The summed E-state index contributed by atoms with van der Waals surface area (Å²) >= 11 is 0. The van der Waals surface area contributed by atoms with Gasteiger partial charge in [0, 0.05) is 6.21 Å². The molecule has 22 heavy (non-hydrogen) atoms. The van der Waals surface area contributed by atoms with Crippen molar-refractivity contribution in [3.05, 3.63) is 64.7 Å². The summed E-state index contributed by atoms with van der Waals surface area (Å²) in [6.07, 6.45) is -2.98. The lowest BCUT2D eigenvalue weighted by Gasteiger charge is -2.06. The number of hydrogen-bond acceptors (Lipinski definition) is 2. The van der Waals surface area contributed by atoms with Gasteiger partial charge in [-0.3, -0.25) is 4.99 Å². The van der Waals surface area contributed by atoms with Gasteiger partial charge in [-0.1, -0.05) is 18.2 Å². The van der Waals surface area contributed by atoms with Crippen LogP contribution in [0.3, 0.4) is 0 Å². The summed E-state index contributed by atoms with van der Waals surface area (Å²) in [5.74, 6) is -1.05.